The lowest BCUT2D eigenvalue weighted by Gasteiger charge is -1.93. The van der Waals surface area contributed by atoms with Crippen LogP contribution in [0.25, 0.3) is 0 Å². The summed E-state index contributed by atoms with van der Waals surface area (Å²) in [6, 6.07) is 4.03. The summed E-state index contributed by atoms with van der Waals surface area (Å²) in [5, 5.41) is 10.7. The molecule has 1 aliphatic heterocycles. The number of hydrogen-bond acceptors (Lipinski definition) is 3. The fourth-order valence-electron chi connectivity index (χ4n) is 1.14. The summed E-state index contributed by atoms with van der Waals surface area (Å²) < 4.78 is 0. The van der Waals surface area contributed by atoms with Crippen molar-refractivity contribution in [1.29, 1.82) is 0 Å². The molecule has 1 saturated heterocycles. The van der Waals surface area contributed by atoms with E-state index in [9.17, 15) is 10.1 Å². The van der Waals surface area contributed by atoms with Crippen LogP contribution in [0.2, 0.25) is 10.0 Å². The zero-order chi connectivity index (χ0) is 12.0. The lowest BCUT2D eigenvalue weighted by Crippen LogP contribution is -1.87. The quantitative estimate of drug-likeness (QED) is 0.565. The molecule has 0 bridgehead atoms. The second kappa shape index (κ2) is 6.99. The van der Waals surface area contributed by atoms with Crippen LogP contribution in [0.15, 0.2) is 18.2 Å². The first-order chi connectivity index (χ1) is 7.61. The van der Waals surface area contributed by atoms with E-state index >= 15 is 0 Å². The van der Waals surface area contributed by atoms with Gasteiger partial charge in [-0.05, 0) is 36.5 Å². The lowest BCUT2D eigenvalue weighted by atomic mass is 10.3. The number of nitro benzene ring substituents is 1. The molecule has 0 unspecified atom stereocenters. The summed E-state index contributed by atoms with van der Waals surface area (Å²) in [6.45, 7) is 0. The van der Waals surface area contributed by atoms with Crippen molar-refractivity contribution >= 4 is 40.7 Å². The third-order valence-electron chi connectivity index (χ3n) is 1.93. The third kappa shape index (κ3) is 4.60. The predicted octanol–water partition coefficient (Wildman–Crippen LogP) is 4.42. The van der Waals surface area contributed by atoms with Gasteiger partial charge in [-0.25, -0.2) is 0 Å². The highest BCUT2D eigenvalue weighted by Gasteiger charge is 2.10. The molecule has 0 aromatic heterocycles. The van der Waals surface area contributed by atoms with E-state index < -0.39 is 4.92 Å². The molecule has 1 aliphatic rings. The maximum absolute atomic E-state index is 10.2. The zero-order valence-electron chi connectivity index (χ0n) is 8.49. The largest absolute Gasteiger partial charge is 0.287 e. The van der Waals surface area contributed by atoms with E-state index in [1.807, 2.05) is 0 Å². The minimum atomic E-state index is -0.557. The molecule has 1 fully saturated rings. The van der Waals surface area contributed by atoms with Crippen LogP contribution in [0.1, 0.15) is 12.8 Å². The first-order valence-corrected chi connectivity index (χ1v) is 6.69. The van der Waals surface area contributed by atoms with Crippen molar-refractivity contribution in [1.82, 2.24) is 0 Å². The second-order valence-electron chi connectivity index (χ2n) is 3.17. The molecule has 0 radical (unpaired) electrons. The van der Waals surface area contributed by atoms with Crippen LogP contribution in [0.5, 0.6) is 0 Å². The molecule has 3 nitrogen and oxygen atoms in total. The average molecular weight is 280 g/mol. The van der Waals surface area contributed by atoms with Crippen LogP contribution >= 0.6 is 35.0 Å². The fraction of sp³-hybridized carbons (Fsp3) is 0.400. The normalized spacial score (nSPS) is 14.1. The van der Waals surface area contributed by atoms with Gasteiger partial charge < -0.3 is 0 Å². The molecule has 0 spiro atoms. The average Bonchev–Trinajstić information content (AvgIpc) is 2.74. The van der Waals surface area contributed by atoms with Gasteiger partial charge in [0.2, 0.25) is 0 Å². The van der Waals surface area contributed by atoms with Gasteiger partial charge in [0.05, 0.1) is 4.92 Å². The van der Waals surface area contributed by atoms with Gasteiger partial charge in [0, 0.05) is 11.1 Å². The zero-order valence-corrected chi connectivity index (χ0v) is 10.8. The van der Waals surface area contributed by atoms with Crippen LogP contribution in [0.3, 0.4) is 0 Å². The Hall–Kier alpha value is -0.450. The summed E-state index contributed by atoms with van der Waals surface area (Å²) in [7, 11) is 0. The Morgan fingerprint density at radius 3 is 2.25 bits per heavy atom. The van der Waals surface area contributed by atoms with Gasteiger partial charge in [0.1, 0.15) is 5.02 Å². The first kappa shape index (κ1) is 13.6. The minimum Gasteiger partial charge on any atom is -0.258 e. The highest BCUT2D eigenvalue weighted by Crippen LogP contribution is 2.26. The maximum Gasteiger partial charge on any atom is 0.287 e. The van der Waals surface area contributed by atoms with Gasteiger partial charge in [-0.2, -0.15) is 11.8 Å². The SMILES string of the molecule is C1CCSC1.O=[N+]([O-])c1ccc(Cl)cc1Cl. The highest BCUT2D eigenvalue weighted by atomic mass is 35.5. The Labute approximate surface area is 108 Å². The van der Waals surface area contributed by atoms with Crippen molar-refractivity contribution in [3.8, 4) is 0 Å². The number of nitrogens with zero attached hydrogens (tertiary/aromatic N) is 1. The fourth-order valence-corrected chi connectivity index (χ4v) is 2.64. The number of halogens is 2. The second-order valence-corrected chi connectivity index (χ2v) is 5.24. The van der Waals surface area contributed by atoms with Gasteiger partial charge in [-0.15, -0.1) is 0 Å². The molecule has 1 heterocycles. The molecule has 2 rings (SSSR count). The van der Waals surface area contributed by atoms with Gasteiger partial charge in [0.15, 0.2) is 0 Å². The van der Waals surface area contributed by atoms with E-state index in [1.54, 1.807) is 0 Å². The Balaban J connectivity index is 0.000000212. The summed E-state index contributed by atoms with van der Waals surface area (Å²) in [6.07, 6.45) is 2.93. The molecule has 1 aromatic carbocycles. The van der Waals surface area contributed by atoms with Gasteiger partial charge in [0.25, 0.3) is 5.69 Å². The van der Waals surface area contributed by atoms with Crippen molar-refractivity contribution in [3.63, 3.8) is 0 Å². The molecule has 0 amide bonds. The number of rotatable bonds is 1. The lowest BCUT2D eigenvalue weighted by molar-refractivity contribution is -0.384. The van der Waals surface area contributed by atoms with E-state index in [-0.39, 0.29) is 10.7 Å². The molecule has 88 valence electrons. The summed E-state index contributed by atoms with van der Waals surface area (Å²) in [5.41, 5.74) is -0.129. The van der Waals surface area contributed by atoms with Crippen molar-refractivity contribution in [2.24, 2.45) is 0 Å². The van der Waals surface area contributed by atoms with Crippen molar-refractivity contribution < 1.29 is 4.92 Å². The van der Waals surface area contributed by atoms with Crippen molar-refractivity contribution in [3.05, 3.63) is 38.4 Å². The third-order valence-corrected chi connectivity index (χ3v) is 3.63. The van der Waals surface area contributed by atoms with E-state index in [1.165, 1.54) is 42.5 Å². The molecule has 0 aliphatic carbocycles. The smallest absolute Gasteiger partial charge is 0.258 e. The van der Waals surface area contributed by atoms with Crippen LogP contribution in [-0.2, 0) is 0 Å². The van der Waals surface area contributed by atoms with Gasteiger partial charge in [-0.3, -0.25) is 10.1 Å². The number of hydrogen-bond donors (Lipinski definition) is 0. The van der Waals surface area contributed by atoms with Crippen LogP contribution in [0.4, 0.5) is 5.69 Å². The Kier molecular flexibility index (Phi) is 5.95. The predicted molar refractivity (Wildman–Crippen MR) is 69.7 cm³/mol. The molecule has 6 heteroatoms. The molecule has 0 N–H and O–H groups in total. The van der Waals surface area contributed by atoms with Gasteiger partial charge in [-0.1, -0.05) is 23.2 Å². The molecule has 1 aromatic rings. The minimum absolute atomic E-state index is 0.0579. The standard InChI is InChI=1S/C6H3Cl2NO2.C4H8S/c7-4-1-2-6(9(10)11)5(8)3-4;1-2-4-5-3-1/h1-3H;1-4H2. The number of thioether (sulfide) groups is 1. The Morgan fingerprint density at radius 1 is 1.25 bits per heavy atom. The summed E-state index contributed by atoms with van der Waals surface area (Å²) >= 11 is 13.1. The van der Waals surface area contributed by atoms with E-state index in [0.717, 1.165) is 0 Å². The van der Waals surface area contributed by atoms with Crippen LogP contribution in [0, 0.1) is 10.1 Å². The molecular weight excluding hydrogens is 269 g/mol. The first-order valence-electron chi connectivity index (χ1n) is 4.78. The molecule has 16 heavy (non-hydrogen) atoms. The molecule has 0 atom stereocenters. The summed E-state index contributed by atoms with van der Waals surface area (Å²) in [5.74, 6) is 2.83. The van der Waals surface area contributed by atoms with Crippen LogP contribution in [-0.4, -0.2) is 16.4 Å². The Bertz CT molecular complexity index is 362. The van der Waals surface area contributed by atoms with E-state index in [0.29, 0.717) is 5.02 Å². The molecule has 0 saturated carbocycles. The van der Waals surface area contributed by atoms with Crippen molar-refractivity contribution in [2.75, 3.05) is 11.5 Å². The monoisotopic (exact) mass is 279 g/mol. The van der Waals surface area contributed by atoms with E-state index in [4.69, 9.17) is 23.2 Å². The van der Waals surface area contributed by atoms with E-state index in [2.05, 4.69) is 11.8 Å². The van der Waals surface area contributed by atoms with Crippen LogP contribution < -0.4 is 0 Å². The summed E-state index contributed by atoms with van der Waals surface area (Å²) in [4.78, 5) is 9.65. The van der Waals surface area contributed by atoms with Crippen molar-refractivity contribution in [2.45, 2.75) is 12.8 Å². The Morgan fingerprint density at radius 2 is 1.88 bits per heavy atom. The maximum atomic E-state index is 10.2. The highest BCUT2D eigenvalue weighted by molar-refractivity contribution is 7.99. The number of benzene rings is 1. The topological polar surface area (TPSA) is 43.1 Å². The van der Waals surface area contributed by atoms with Gasteiger partial charge >= 0.3 is 0 Å². The molecular formula is C10H11Cl2NO2S. The number of nitro groups is 1.